The third-order valence-corrected chi connectivity index (χ3v) is 2.82. The van der Waals surface area contributed by atoms with Gasteiger partial charge in [-0.05, 0) is 19.1 Å². The first-order chi connectivity index (χ1) is 7.74. The second-order valence-electron chi connectivity index (χ2n) is 3.34. The maximum Gasteiger partial charge on any atom is 0.204 e. The van der Waals surface area contributed by atoms with E-state index in [0.29, 0.717) is 22.3 Å². The minimum atomic E-state index is 0.513. The molecule has 3 heterocycles. The summed E-state index contributed by atoms with van der Waals surface area (Å²) < 4.78 is 1.67. The second-order valence-corrected chi connectivity index (χ2v) is 4.23. The zero-order valence-electron chi connectivity index (χ0n) is 8.45. The number of aryl methyl sites for hydroxylation is 1. The van der Waals surface area contributed by atoms with E-state index in [0.717, 1.165) is 5.69 Å². The molecule has 0 amide bonds. The van der Waals surface area contributed by atoms with Crippen molar-refractivity contribution in [2.45, 2.75) is 6.92 Å². The lowest BCUT2D eigenvalue weighted by Crippen LogP contribution is -1.97. The molecule has 7 heteroatoms. The Labute approximate surface area is 94.8 Å². The lowest BCUT2D eigenvalue weighted by atomic mass is 10.4. The molecule has 6 nitrogen and oxygen atoms in total. The Kier molecular flexibility index (Phi) is 1.87. The number of rotatable bonds is 1. The van der Waals surface area contributed by atoms with E-state index in [1.807, 2.05) is 24.4 Å². The van der Waals surface area contributed by atoms with Crippen molar-refractivity contribution in [3.8, 4) is 11.5 Å². The molecular weight excluding hydrogens is 224 g/mol. The van der Waals surface area contributed by atoms with Gasteiger partial charge < -0.3 is 5.73 Å². The van der Waals surface area contributed by atoms with Gasteiger partial charge in [0.15, 0.2) is 10.8 Å². The molecule has 0 aliphatic rings. The molecule has 3 aromatic heterocycles. The van der Waals surface area contributed by atoms with E-state index in [1.165, 1.54) is 11.3 Å². The van der Waals surface area contributed by atoms with Gasteiger partial charge in [-0.25, -0.2) is 4.98 Å². The average molecular weight is 232 g/mol. The van der Waals surface area contributed by atoms with E-state index in [4.69, 9.17) is 5.73 Å². The molecule has 0 aliphatic heterocycles. The summed E-state index contributed by atoms with van der Waals surface area (Å²) in [5, 5.41) is 14.8. The minimum Gasteiger partial charge on any atom is -0.375 e. The first-order valence-electron chi connectivity index (χ1n) is 4.64. The number of anilines is 1. The van der Waals surface area contributed by atoms with E-state index >= 15 is 0 Å². The molecule has 3 aromatic rings. The van der Waals surface area contributed by atoms with Crippen LogP contribution in [0.5, 0.6) is 0 Å². The van der Waals surface area contributed by atoms with Gasteiger partial charge in [0.1, 0.15) is 5.69 Å². The maximum absolute atomic E-state index is 5.59. The Hall–Kier alpha value is -2.02. The van der Waals surface area contributed by atoms with Gasteiger partial charge >= 0.3 is 0 Å². The molecule has 80 valence electrons. The molecule has 0 radical (unpaired) electrons. The Morgan fingerprint density at radius 1 is 1.31 bits per heavy atom. The van der Waals surface area contributed by atoms with Crippen LogP contribution in [0.3, 0.4) is 0 Å². The van der Waals surface area contributed by atoms with Gasteiger partial charge in [-0.15, -0.1) is 21.5 Å². The quantitative estimate of drug-likeness (QED) is 0.680. The molecule has 3 rings (SSSR count). The highest BCUT2D eigenvalue weighted by Gasteiger charge is 2.11. The lowest BCUT2D eigenvalue weighted by molar-refractivity contribution is 0.898. The summed E-state index contributed by atoms with van der Waals surface area (Å²) in [6, 6.07) is 3.76. The summed E-state index contributed by atoms with van der Waals surface area (Å²) in [5.41, 5.74) is 7.89. The molecule has 0 aliphatic carbocycles. The summed E-state index contributed by atoms with van der Waals surface area (Å²) in [5.74, 6) is 0.617. The van der Waals surface area contributed by atoms with Crippen molar-refractivity contribution in [2.24, 2.45) is 0 Å². The van der Waals surface area contributed by atoms with Crippen LogP contribution in [0.4, 0.5) is 5.13 Å². The van der Waals surface area contributed by atoms with Gasteiger partial charge in [0.25, 0.3) is 0 Å². The summed E-state index contributed by atoms with van der Waals surface area (Å²) in [7, 11) is 0. The monoisotopic (exact) mass is 232 g/mol. The van der Waals surface area contributed by atoms with E-state index in [9.17, 15) is 0 Å². The van der Waals surface area contributed by atoms with Gasteiger partial charge in [-0.3, -0.25) is 0 Å². The summed E-state index contributed by atoms with van der Waals surface area (Å²) in [4.78, 5) is 4.17. The average Bonchev–Trinajstić information content (AvgIpc) is 2.83. The van der Waals surface area contributed by atoms with Crippen LogP contribution >= 0.6 is 11.3 Å². The number of aromatic nitrogens is 5. The molecule has 0 atom stereocenters. The van der Waals surface area contributed by atoms with Crippen LogP contribution in [0.25, 0.3) is 17.2 Å². The first kappa shape index (κ1) is 9.22. The smallest absolute Gasteiger partial charge is 0.204 e. The molecule has 0 bridgehead atoms. The van der Waals surface area contributed by atoms with Gasteiger partial charge in [-0.2, -0.15) is 9.61 Å². The minimum absolute atomic E-state index is 0.513. The standard InChI is InChI=1S/C9H8N6S/c1-5-2-3-7-12-13-8(15(7)14-5)6-4-16-9(10)11-6/h2-4H,1H3,(H2,10,11). The van der Waals surface area contributed by atoms with Crippen LogP contribution in [-0.4, -0.2) is 24.8 Å². The number of hydrogen-bond donors (Lipinski definition) is 1. The number of thiazole rings is 1. The first-order valence-corrected chi connectivity index (χ1v) is 5.52. The van der Waals surface area contributed by atoms with E-state index in [2.05, 4.69) is 20.3 Å². The van der Waals surface area contributed by atoms with Crippen molar-refractivity contribution in [2.75, 3.05) is 5.73 Å². The van der Waals surface area contributed by atoms with Crippen molar-refractivity contribution in [1.82, 2.24) is 24.8 Å². The Balaban J connectivity index is 2.27. The van der Waals surface area contributed by atoms with Crippen molar-refractivity contribution in [1.29, 1.82) is 0 Å². The molecule has 0 aromatic carbocycles. The predicted molar refractivity (Wildman–Crippen MR) is 61.0 cm³/mol. The summed E-state index contributed by atoms with van der Waals surface area (Å²) >= 11 is 1.37. The Morgan fingerprint density at radius 2 is 2.19 bits per heavy atom. The summed E-state index contributed by atoms with van der Waals surface area (Å²) in [6.07, 6.45) is 0. The molecule has 0 saturated carbocycles. The van der Waals surface area contributed by atoms with Crippen LogP contribution in [0.2, 0.25) is 0 Å². The number of nitrogens with two attached hydrogens (primary N) is 1. The third-order valence-electron chi connectivity index (χ3n) is 2.15. The van der Waals surface area contributed by atoms with E-state index in [1.54, 1.807) is 4.52 Å². The highest BCUT2D eigenvalue weighted by atomic mass is 32.1. The largest absolute Gasteiger partial charge is 0.375 e. The van der Waals surface area contributed by atoms with Crippen molar-refractivity contribution >= 4 is 22.1 Å². The maximum atomic E-state index is 5.59. The molecule has 2 N–H and O–H groups in total. The number of nitrogen functional groups attached to an aromatic ring is 1. The van der Waals surface area contributed by atoms with Crippen LogP contribution in [0, 0.1) is 6.92 Å². The summed E-state index contributed by atoms with van der Waals surface area (Å²) in [6.45, 7) is 1.92. The van der Waals surface area contributed by atoms with Crippen LogP contribution < -0.4 is 5.73 Å². The molecular formula is C9H8N6S. The van der Waals surface area contributed by atoms with Crippen molar-refractivity contribution in [3.05, 3.63) is 23.2 Å². The Morgan fingerprint density at radius 3 is 2.94 bits per heavy atom. The second kappa shape index (κ2) is 3.24. The molecule has 0 spiro atoms. The fraction of sp³-hybridized carbons (Fsp3) is 0.111. The van der Waals surface area contributed by atoms with E-state index in [-0.39, 0.29) is 0 Å². The molecule has 0 unspecified atom stereocenters. The fourth-order valence-electron chi connectivity index (χ4n) is 1.43. The third kappa shape index (κ3) is 1.33. The Bertz CT molecular complexity index is 655. The highest BCUT2D eigenvalue weighted by Crippen LogP contribution is 2.21. The number of nitrogens with zero attached hydrogens (tertiary/aromatic N) is 5. The zero-order chi connectivity index (χ0) is 11.1. The molecule has 16 heavy (non-hydrogen) atoms. The normalized spacial score (nSPS) is 11.1. The van der Waals surface area contributed by atoms with Crippen molar-refractivity contribution < 1.29 is 0 Å². The molecule has 0 fully saturated rings. The van der Waals surface area contributed by atoms with Gasteiger partial charge in [0.05, 0.1) is 5.69 Å². The lowest BCUT2D eigenvalue weighted by Gasteiger charge is -1.96. The number of fused-ring (bicyclic) bond motifs is 1. The van der Waals surface area contributed by atoms with Crippen LogP contribution in [0.1, 0.15) is 5.69 Å². The fourth-order valence-corrected chi connectivity index (χ4v) is 1.97. The van der Waals surface area contributed by atoms with Crippen LogP contribution in [0.15, 0.2) is 17.5 Å². The van der Waals surface area contributed by atoms with Crippen LogP contribution in [-0.2, 0) is 0 Å². The van der Waals surface area contributed by atoms with Gasteiger partial charge in [0, 0.05) is 5.38 Å². The SMILES string of the molecule is Cc1ccc2nnc(-c3csc(N)n3)n2n1. The highest BCUT2D eigenvalue weighted by molar-refractivity contribution is 7.13. The van der Waals surface area contributed by atoms with Gasteiger partial charge in [-0.1, -0.05) is 0 Å². The van der Waals surface area contributed by atoms with Gasteiger partial charge in [0.2, 0.25) is 5.82 Å². The zero-order valence-corrected chi connectivity index (χ0v) is 9.27. The number of hydrogen-bond acceptors (Lipinski definition) is 6. The predicted octanol–water partition coefficient (Wildman–Crippen LogP) is 1.14. The topological polar surface area (TPSA) is 82.0 Å². The van der Waals surface area contributed by atoms with E-state index < -0.39 is 0 Å². The molecule has 0 saturated heterocycles. The van der Waals surface area contributed by atoms with Crippen molar-refractivity contribution in [3.63, 3.8) is 0 Å².